The van der Waals surface area contributed by atoms with Gasteiger partial charge in [-0.05, 0) is 12.3 Å². The van der Waals surface area contributed by atoms with Crippen molar-refractivity contribution in [3.8, 4) is 0 Å². The van der Waals surface area contributed by atoms with Crippen molar-refractivity contribution in [2.75, 3.05) is 14.2 Å². The van der Waals surface area contributed by atoms with E-state index in [9.17, 15) is 5.11 Å². The van der Waals surface area contributed by atoms with Crippen LogP contribution < -0.4 is 0 Å². The van der Waals surface area contributed by atoms with Crippen molar-refractivity contribution < 1.29 is 14.6 Å². The van der Waals surface area contributed by atoms with Crippen molar-refractivity contribution in [2.24, 2.45) is 5.92 Å². The maximum absolute atomic E-state index is 9.45. The lowest BCUT2D eigenvalue weighted by atomic mass is 9.94. The van der Waals surface area contributed by atoms with Crippen LogP contribution in [0.4, 0.5) is 0 Å². The van der Waals surface area contributed by atoms with Gasteiger partial charge in [0.05, 0.1) is 6.10 Å². The van der Waals surface area contributed by atoms with Gasteiger partial charge < -0.3 is 14.6 Å². The summed E-state index contributed by atoms with van der Waals surface area (Å²) in [6, 6.07) is 0. The topological polar surface area (TPSA) is 38.7 Å². The fraction of sp³-hybridized carbons (Fsp3) is 1.00. The summed E-state index contributed by atoms with van der Waals surface area (Å²) in [7, 11) is 3.23. The number of rotatable bonds is 11. The molecule has 0 radical (unpaired) electrons. The minimum atomic E-state index is -0.706. The maximum atomic E-state index is 9.45. The monoisotopic (exact) mass is 246 g/mol. The molecule has 0 aliphatic rings. The average molecular weight is 246 g/mol. The van der Waals surface area contributed by atoms with E-state index in [4.69, 9.17) is 9.47 Å². The van der Waals surface area contributed by atoms with E-state index in [2.05, 4.69) is 13.8 Å². The number of hydrogen-bond donors (Lipinski definition) is 1. The lowest BCUT2D eigenvalue weighted by molar-refractivity contribution is -0.111. The molecule has 0 saturated carbocycles. The standard InChI is InChI=1S/C14H30O3/c1-5-6-7-8-9-10-12(2)13(16-3)11-14(15)17-4/h12-15H,5-11H2,1-4H3. The number of aliphatic hydroxyl groups excluding tert-OH is 1. The van der Waals surface area contributed by atoms with Crippen molar-refractivity contribution >= 4 is 0 Å². The average Bonchev–Trinajstić information content (AvgIpc) is 2.34. The van der Waals surface area contributed by atoms with Gasteiger partial charge in [-0.15, -0.1) is 0 Å². The Kier molecular flexibility index (Phi) is 10.9. The first kappa shape index (κ1) is 16.9. The van der Waals surface area contributed by atoms with E-state index < -0.39 is 6.29 Å². The molecule has 3 unspecified atom stereocenters. The van der Waals surface area contributed by atoms with E-state index >= 15 is 0 Å². The number of methoxy groups -OCH3 is 2. The van der Waals surface area contributed by atoms with Crippen LogP contribution in [0.15, 0.2) is 0 Å². The summed E-state index contributed by atoms with van der Waals surface area (Å²) in [4.78, 5) is 0. The molecule has 0 aromatic heterocycles. The van der Waals surface area contributed by atoms with Gasteiger partial charge >= 0.3 is 0 Å². The molecule has 0 aliphatic heterocycles. The zero-order valence-electron chi connectivity index (χ0n) is 11.9. The first-order chi connectivity index (χ1) is 8.15. The van der Waals surface area contributed by atoms with E-state index in [1.165, 1.54) is 45.6 Å². The summed E-state index contributed by atoms with van der Waals surface area (Å²) in [6.07, 6.45) is 7.63. The lowest BCUT2D eigenvalue weighted by Gasteiger charge is -2.24. The van der Waals surface area contributed by atoms with Gasteiger partial charge in [0.25, 0.3) is 0 Å². The molecule has 0 bridgehead atoms. The molecule has 0 aliphatic carbocycles. The van der Waals surface area contributed by atoms with Crippen molar-refractivity contribution in [3.05, 3.63) is 0 Å². The smallest absolute Gasteiger partial charge is 0.156 e. The van der Waals surface area contributed by atoms with Crippen LogP contribution >= 0.6 is 0 Å². The van der Waals surface area contributed by atoms with Crippen molar-refractivity contribution in [3.63, 3.8) is 0 Å². The molecule has 0 amide bonds. The Bertz CT molecular complexity index is 162. The highest BCUT2D eigenvalue weighted by Gasteiger charge is 2.19. The summed E-state index contributed by atoms with van der Waals surface area (Å²) in [5.41, 5.74) is 0. The third-order valence-electron chi connectivity index (χ3n) is 3.41. The van der Waals surface area contributed by atoms with Crippen LogP contribution in [0.2, 0.25) is 0 Å². The van der Waals surface area contributed by atoms with Crippen LogP contribution in [0.3, 0.4) is 0 Å². The molecule has 0 aromatic rings. The van der Waals surface area contributed by atoms with Crippen LogP contribution in [-0.4, -0.2) is 31.7 Å². The molecular weight excluding hydrogens is 216 g/mol. The number of unbranched alkanes of at least 4 members (excludes halogenated alkanes) is 4. The van der Waals surface area contributed by atoms with Gasteiger partial charge in [0.1, 0.15) is 0 Å². The summed E-state index contributed by atoms with van der Waals surface area (Å²) in [6.45, 7) is 4.42. The number of hydrogen-bond acceptors (Lipinski definition) is 3. The van der Waals surface area contributed by atoms with Gasteiger partial charge in [-0.3, -0.25) is 0 Å². The minimum Gasteiger partial charge on any atom is -0.381 e. The SMILES string of the molecule is CCCCCCCC(C)C(CC(O)OC)OC. The molecule has 1 N–H and O–H groups in total. The zero-order chi connectivity index (χ0) is 13.1. The summed E-state index contributed by atoms with van der Waals surface area (Å²) >= 11 is 0. The fourth-order valence-electron chi connectivity index (χ4n) is 2.11. The van der Waals surface area contributed by atoms with E-state index in [1.54, 1.807) is 7.11 Å². The Morgan fingerprint density at radius 1 is 1.00 bits per heavy atom. The second-order valence-electron chi connectivity index (χ2n) is 4.88. The van der Waals surface area contributed by atoms with Gasteiger partial charge in [0.2, 0.25) is 0 Å². The minimum absolute atomic E-state index is 0.0936. The summed E-state index contributed by atoms with van der Waals surface area (Å²) in [5, 5.41) is 9.45. The van der Waals surface area contributed by atoms with Crippen molar-refractivity contribution in [1.29, 1.82) is 0 Å². The first-order valence-electron chi connectivity index (χ1n) is 6.89. The normalized spacial score (nSPS) is 16.8. The Hall–Kier alpha value is -0.120. The molecule has 3 heteroatoms. The van der Waals surface area contributed by atoms with E-state index in [0.29, 0.717) is 12.3 Å². The zero-order valence-corrected chi connectivity index (χ0v) is 11.9. The second-order valence-corrected chi connectivity index (χ2v) is 4.88. The maximum Gasteiger partial charge on any atom is 0.156 e. The third kappa shape index (κ3) is 8.58. The van der Waals surface area contributed by atoms with E-state index in [1.807, 2.05) is 0 Å². The molecular formula is C14H30O3. The van der Waals surface area contributed by atoms with Gasteiger partial charge in [-0.25, -0.2) is 0 Å². The van der Waals surface area contributed by atoms with E-state index in [-0.39, 0.29) is 6.10 Å². The van der Waals surface area contributed by atoms with Gasteiger partial charge in [-0.1, -0.05) is 46.0 Å². The molecule has 104 valence electrons. The van der Waals surface area contributed by atoms with Crippen LogP contribution in [0, 0.1) is 5.92 Å². The molecule has 0 heterocycles. The quantitative estimate of drug-likeness (QED) is 0.449. The van der Waals surface area contributed by atoms with Crippen LogP contribution in [-0.2, 0) is 9.47 Å². The first-order valence-corrected chi connectivity index (χ1v) is 6.89. The van der Waals surface area contributed by atoms with Gasteiger partial charge in [0, 0.05) is 20.6 Å². The molecule has 0 fully saturated rings. The van der Waals surface area contributed by atoms with Crippen LogP contribution in [0.25, 0.3) is 0 Å². The van der Waals surface area contributed by atoms with Gasteiger partial charge in [-0.2, -0.15) is 0 Å². The number of aliphatic hydroxyl groups is 1. The van der Waals surface area contributed by atoms with Crippen LogP contribution in [0.5, 0.6) is 0 Å². The predicted octanol–water partition coefficient (Wildman–Crippen LogP) is 3.35. The highest BCUT2D eigenvalue weighted by atomic mass is 16.6. The Balaban J connectivity index is 3.71. The second kappa shape index (κ2) is 11.0. The molecule has 0 aromatic carbocycles. The van der Waals surface area contributed by atoms with Crippen molar-refractivity contribution in [2.45, 2.75) is 71.2 Å². The Labute approximate surface area is 107 Å². The molecule has 0 spiro atoms. The highest BCUT2D eigenvalue weighted by molar-refractivity contribution is 4.67. The summed E-state index contributed by atoms with van der Waals surface area (Å²) < 4.78 is 10.3. The van der Waals surface area contributed by atoms with Crippen molar-refractivity contribution in [1.82, 2.24) is 0 Å². The summed E-state index contributed by atoms with van der Waals surface area (Å²) in [5.74, 6) is 0.478. The molecule has 17 heavy (non-hydrogen) atoms. The molecule has 0 rings (SSSR count). The number of ether oxygens (including phenoxy) is 2. The highest BCUT2D eigenvalue weighted by Crippen LogP contribution is 2.20. The lowest BCUT2D eigenvalue weighted by Crippen LogP contribution is -2.27. The third-order valence-corrected chi connectivity index (χ3v) is 3.41. The molecule has 3 nitrogen and oxygen atoms in total. The predicted molar refractivity (Wildman–Crippen MR) is 71.0 cm³/mol. The Morgan fingerprint density at radius 3 is 2.18 bits per heavy atom. The Morgan fingerprint density at radius 2 is 1.65 bits per heavy atom. The van der Waals surface area contributed by atoms with Crippen LogP contribution in [0.1, 0.15) is 58.8 Å². The molecule has 0 saturated heterocycles. The largest absolute Gasteiger partial charge is 0.381 e. The van der Waals surface area contributed by atoms with E-state index in [0.717, 1.165) is 0 Å². The molecule has 3 atom stereocenters. The fourth-order valence-corrected chi connectivity index (χ4v) is 2.11. The van der Waals surface area contributed by atoms with Gasteiger partial charge in [0.15, 0.2) is 6.29 Å².